The Morgan fingerprint density at radius 2 is 2.15 bits per heavy atom. The summed E-state index contributed by atoms with van der Waals surface area (Å²) >= 11 is -0.519. The Morgan fingerprint density at radius 3 is 2.60 bits per heavy atom. The summed E-state index contributed by atoms with van der Waals surface area (Å²) in [4.78, 5) is 22.1. The van der Waals surface area contributed by atoms with E-state index in [9.17, 15) is 22.8 Å². The number of hydrogen-bond donors (Lipinski definition) is 0. The van der Waals surface area contributed by atoms with Crippen LogP contribution < -0.4 is 0 Å². The minimum Gasteiger partial charge on any atom is -0.462 e. The largest absolute Gasteiger partial charge is 0.462 e. The highest BCUT2D eigenvalue weighted by Gasteiger charge is 2.32. The zero-order valence-electron chi connectivity index (χ0n) is 10.2. The summed E-state index contributed by atoms with van der Waals surface area (Å²) < 4.78 is 41.7. The van der Waals surface area contributed by atoms with Gasteiger partial charge in [-0.3, -0.25) is 4.79 Å². The first-order valence-corrected chi connectivity index (χ1v) is 6.10. The molecule has 0 aliphatic rings. The average molecular weight is 303 g/mol. The number of aldehydes is 1. The van der Waals surface area contributed by atoms with E-state index >= 15 is 0 Å². The molecule has 0 bridgehead atoms. The number of alkyl halides is 3. The Labute approximate surface area is 116 Å². The van der Waals surface area contributed by atoms with Crippen LogP contribution in [0.4, 0.5) is 13.2 Å². The van der Waals surface area contributed by atoms with Crippen molar-refractivity contribution in [3.63, 3.8) is 0 Å². The van der Waals surface area contributed by atoms with Crippen LogP contribution in [-0.4, -0.2) is 24.4 Å². The molecule has 0 aromatic heterocycles. The molecule has 1 rings (SSSR count). The SMILES string of the molecule is CCOC(=O)c1ccc(SC(F)(F)F)c(C=O)c1C#N. The summed E-state index contributed by atoms with van der Waals surface area (Å²) in [5.74, 6) is -0.865. The highest BCUT2D eigenvalue weighted by atomic mass is 32.2. The van der Waals surface area contributed by atoms with E-state index in [1.54, 1.807) is 13.0 Å². The maximum atomic E-state index is 12.3. The van der Waals surface area contributed by atoms with E-state index in [2.05, 4.69) is 4.74 Å². The van der Waals surface area contributed by atoms with Gasteiger partial charge in [0.25, 0.3) is 0 Å². The van der Waals surface area contributed by atoms with Crippen molar-refractivity contribution in [1.82, 2.24) is 0 Å². The van der Waals surface area contributed by atoms with Gasteiger partial charge in [0.05, 0.1) is 17.7 Å². The van der Waals surface area contributed by atoms with Crippen LogP contribution in [-0.2, 0) is 4.74 Å². The number of benzene rings is 1. The molecule has 4 nitrogen and oxygen atoms in total. The summed E-state index contributed by atoms with van der Waals surface area (Å²) in [5.41, 5.74) is -5.73. The van der Waals surface area contributed by atoms with E-state index in [0.29, 0.717) is 0 Å². The number of nitrogens with zero attached hydrogens (tertiary/aromatic N) is 1. The lowest BCUT2D eigenvalue weighted by Crippen LogP contribution is -2.10. The van der Waals surface area contributed by atoms with Crippen LogP contribution in [0.5, 0.6) is 0 Å². The predicted octanol–water partition coefficient (Wildman–Crippen LogP) is 3.16. The van der Waals surface area contributed by atoms with Gasteiger partial charge in [-0.05, 0) is 30.8 Å². The highest BCUT2D eigenvalue weighted by molar-refractivity contribution is 8.00. The van der Waals surface area contributed by atoms with E-state index in [1.165, 1.54) is 0 Å². The summed E-state index contributed by atoms with van der Waals surface area (Å²) in [6.07, 6.45) is 0.120. The van der Waals surface area contributed by atoms with E-state index in [4.69, 9.17) is 5.26 Å². The third-order valence-electron chi connectivity index (χ3n) is 2.16. The second kappa shape index (κ2) is 6.43. The quantitative estimate of drug-likeness (QED) is 0.485. The number of esters is 1. The normalized spacial score (nSPS) is 10.8. The van der Waals surface area contributed by atoms with Gasteiger partial charge >= 0.3 is 11.5 Å². The molecule has 1 aromatic rings. The van der Waals surface area contributed by atoms with Crippen LogP contribution in [0, 0.1) is 11.3 Å². The smallest absolute Gasteiger partial charge is 0.446 e. The van der Waals surface area contributed by atoms with E-state index < -0.39 is 39.3 Å². The fraction of sp³-hybridized carbons (Fsp3) is 0.250. The van der Waals surface area contributed by atoms with Gasteiger partial charge < -0.3 is 4.74 Å². The molecule has 0 aliphatic heterocycles. The standard InChI is InChI=1S/C12H8F3NO3S/c1-2-19-11(18)7-3-4-10(20-12(13,14)15)9(6-17)8(7)5-16/h3-4,6H,2H2,1H3. The first kappa shape index (κ1) is 16.0. The minimum absolute atomic E-state index is 0.0409. The minimum atomic E-state index is -4.60. The molecule has 0 spiro atoms. The summed E-state index contributed by atoms with van der Waals surface area (Å²) in [5, 5.41) is 8.96. The molecule has 20 heavy (non-hydrogen) atoms. The van der Waals surface area contributed by atoms with E-state index in [1.807, 2.05) is 0 Å². The molecule has 1 aromatic carbocycles. The third kappa shape index (κ3) is 3.74. The van der Waals surface area contributed by atoms with Crippen LogP contribution in [0.2, 0.25) is 0 Å². The number of carbonyl (C=O) groups is 2. The summed E-state index contributed by atoms with van der Waals surface area (Å²) in [6, 6.07) is 3.57. The fourth-order valence-corrected chi connectivity index (χ4v) is 2.08. The Bertz CT molecular complexity index is 579. The molecule has 0 heterocycles. The van der Waals surface area contributed by atoms with Crippen molar-refractivity contribution in [2.24, 2.45) is 0 Å². The number of rotatable bonds is 4. The van der Waals surface area contributed by atoms with Gasteiger partial charge in [0.15, 0.2) is 6.29 Å². The van der Waals surface area contributed by atoms with Crippen molar-refractivity contribution in [3.8, 4) is 6.07 Å². The van der Waals surface area contributed by atoms with E-state index in [0.717, 1.165) is 12.1 Å². The second-order valence-corrected chi connectivity index (χ2v) is 4.50. The third-order valence-corrected chi connectivity index (χ3v) is 2.96. The molecule has 8 heteroatoms. The van der Waals surface area contributed by atoms with Crippen LogP contribution in [0.3, 0.4) is 0 Å². The Kier molecular flexibility index (Phi) is 5.16. The van der Waals surface area contributed by atoms with Crippen LogP contribution in [0.15, 0.2) is 17.0 Å². The van der Waals surface area contributed by atoms with Gasteiger partial charge in [0.2, 0.25) is 0 Å². The lowest BCUT2D eigenvalue weighted by atomic mass is 10.0. The molecule has 0 unspecified atom stereocenters. The van der Waals surface area contributed by atoms with Crippen molar-refractivity contribution in [2.75, 3.05) is 6.61 Å². The number of ether oxygens (including phenoxy) is 1. The lowest BCUT2D eigenvalue weighted by Gasteiger charge is -2.11. The van der Waals surface area contributed by atoms with Crippen LogP contribution >= 0.6 is 11.8 Å². The molecular weight excluding hydrogens is 295 g/mol. The highest BCUT2D eigenvalue weighted by Crippen LogP contribution is 2.39. The number of carbonyl (C=O) groups excluding carboxylic acids is 2. The number of thioether (sulfide) groups is 1. The zero-order chi connectivity index (χ0) is 15.3. The molecule has 0 amide bonds. The monoisotopic (exact) mass is 303 g/mol. The van der Waals surface area contributed by atoms with Gasteiger partial charge in [0.1, 0.15) is 6.07 Å². The maximum absolute atomic E-state index is 12.3. The zero-order valence-corrected chi connectivity index (χ0v) is 11.0. The maximum Gasteiger partial charge on any atom is 0.446 e. The van der Waals surface area contributed by atoms with Gasteiger partial charge in [0, 0.05) is 10.5 Å². The van der Waals surface area contributed by atoms with Crippen LogP contribution in [0.25, 0.3) is 0 Å². The molecule has 0 radical (unpaired) electrons. The predicted molar refractivity (Wildman–Crippen MR) is 64.4 cm³/mol. The van der Waals surface area contributed by atoms with Crippen molar-refractivity contribution in [3.05, 3.63) is 28.8 Å². The van der Waals surface area contributed by atoms with Gasteiger partial charge in [-0.25, -0.2) is 4.79 Å². The second-order valence-electron chi connectivity index (χ2n) is 3.40. The molecule has 0 fully saturated rings. The number of halogens is 3. The van der Waals surface area contributed by atoms with Crippen molar-refractivity contribution in [1.29, 1.82) is 5.26 Å². The van der Waals surface area contributed by atoms with Gasteiger partial charge in [-0.1, -0.05) is 0 Å². The van der Waals surface area contributed by atoms with Crippen LogP contribution in [0.1, 0.15) is 33.2 Å². The first-order valence-electron chi connectivity index (χ1n) is 5.29. The number of hydrogen-bond acceptors (Lipinski definition) is 5. The topological polar surface area (TPSA) is 67.2 Å². The van der Waals surface area contributed by atoms with Gasteiger partial charge in [-0.15, -0.1) is 0 Å². The number of nitriles is 1. The van der Waals surface area contributed by atoms with Crippen molar-refractivity contribution < 1.29 is 27.5 Å². The lowest BCUT2D eigenvalue weighted by molar-refractivity contribution is -0.0328. The first-order chi connectivity index (χ1) is 9.34. The molecule has 0 saturated heterocycles. The van der Waals surface area contributed by atoms with Crippen molar-refractivity contribution >= 4 is 24.0 Å². The molecule has 0 atom stereocenters. The molecule has 0 N–H and O–H groups in total. The summed E-state index contributed by atoms with van der Waals surface area (Å²) in [6.45, 7) is 1.58. The van der Waals surface area contributed by atoms with Crippen molar-refractivity contribution in [2.45, 2.75) is 17.3 Å². The molecular formula is C12H8F3NO3S. The van der Waals surface area contributed by atoms with Gasteiger partial charge in [-0.2, -0.15) is 18.4 Å². The van der Waals surface area contributed by atoms with E-state index in [-0.39, 0.29) is 18.5 Å². The molecule has 0 saturated carbocycles. The Hall–Kier alpha value is -2.01. The molecule has 106 valence electrons. The molecule has 0 aliphatic carbocycles. The Balaban J connectivity index is 3.38. The fourth-order valence-electron chi connectivity index (χ4n) is 1.43. The summed E-state index contributed by atoms with van der Waals surface area (Å²) in [7, 11) is 0. The average Bonchev–Trinajstić information content (AvgIpc) is 2.36. The Morgan fingerprint density at radius 1 is 1.50 bits per heavy atom.